The standard InChI is InChI=1S/C27H27N7/c1-2-7-18(8-3-1)31-23-11-17(9-10-30-23)26-32-22-15-29-12-19(16-5-4-6-16)24(22)27(34-26)33-25-20-13-28-14-21(20)25/h1-3,7-12,15-16,20-21,25,28H,4-6,13-14H2,(H,30,31)(H,32,33,34)/t20-,21+,25?. The molecule has 3 aliphatic rings. The minimum Gasteiger partial charge on any atom is -0.366 e. The Hall–Kier alpha value is -3.58. The van der Waals surface area contributed by atoms with Crippen molar-refractivity contribution in [2.24, 2.45) is 11.8 Å². The first-order chi connectivity index (χ1) is 16.8. The number of hydrogen-bond acceptors (Lipinski definition) is 7. The summed E-state index contributed by atoms with van der Waals surface area (Å²) in [6.07, 6.45) is 9.45. The van der Waals surface area contributed by atoms with Crippen LogP contribution in [0.25, 0.3) is 22.3 Å². The molecular formula is C27H27N7. The van der Waals surface area contributed by atoms with Crippen LogP contribution in [0.4, 0.5) is 17.3 Å². The van der Waals surface area contributed by atoms with Gasteiger partial charge in [0.15, 0.2) is 5.82 Å². The molecule has 7 heteroatoms. The fourth-order valence-electron chi connectivity index (χ4n) is 5.47. The normalized spacial score (nSPS) is 23.4. The molecule has 7 nitrogen and oxygen atoms in total. The summed E-state index contributed by atoms with van der Waals surface area (Å²) in [7, 11) is 0. The number of fused-ring (bicyclic) bond motifs is 2. The van der Waals surface area contributed by atoms with Crippen molar-refractivity contribution in [3.8, 4) is 11.4 Å². The Bertz CT molecular complexity index is 1340. The summed E-state index contributed by atoms with van der Waals surface area (Å²) in [5.74, 6) is 4.39. The number of rotatable bonds is 6. The first-order valence-corrected chi connectivity index (χ1v) is 12.2. The van der Waals surface area contributed by atoms with Gasteiger partial charge in [-0.15, -0.1) is 0 Å². The average molecular weight is 450 g/mol. The van der Waals surface area contributed by atoms with Gasteiger partial charge >= 0.3 is 0 Å². The Balaban J connectivity index is 1.29. The Labute approximate surface area is 198 Å². The molecule has 34 heavy (non-hydrogen) atoms. The zero-order chi connectivity index (χ0) is 22.5. The first kappa shape index (κ1) is 19.9. The van der Waals surface area contributed by atoms with Gasteiger partial charge < -0.3 is 16.0 Å². The highest BCUT2D eigenvalue weighted by atomic mass is 15.1. The fourth-order valence-corrected chi connectivity index (χ4v) is 5.47. The molecule has 0 spiro atoms. The predicted molar refractivity (Wildman–Crippen MR) is 134 cm³/mol. The van der Waals surface area contributed by atoms with Gasteiger partial charge in [0.1, 0.15) is 11.6 Å². The number of hydrogen-bond donors (Lipinski definition) is 3. The highest BCUT2D eigenvalue weighted by Gasteiger charge is 2.53. The van der Waals surface area contributed by atoms with Crippen molar-refractivity contribution in [1.29, 1.82) is 0 Å². The lowest BCUT2D eigenvalue weighted by Crippen LogP contribution is -2.22. The van der Waals surface area contributed by atoms with Crippen molar-refractivity contribution in [2.75, 3.05) is 23.7 Å². The molecule has 4 aromatic rings. The number of anilines is 3. The topological polar surface area (TPSA) is 87.7 Å². The molecule has 4 heterocycles. The molecule has 3 N–H and O–H groups in total. The van der Waals surface area contributed by atoms with Gasteiger partial charge in [0, 0.05) is 48.2 Å². The third-order valence-electron chi connectivity index (χ3n) is 7.64. The molecular weight excluding hydrogens is 422 g/mol. The van der Waals surface area contributed by atoms with Gasteiger partial charge in [0.2, 0.25) is 0 Å². The molecule has 0 bridgehead atoms. The predicted octanol–water partition coefficient (Wildman–Crippen LogP) is 4.73. The van der Waals surface area contributed by atoms with E-state index in [1.165, 1.54) is 24.8 Å². The van der Waals surface area contributed by atoms with E-state index in [2.05, 4.69) is 25.9 Å². The molecule has 1 aromatic carbocycles. The zero-order valence-electron chi connectivity index (χ0n) is 18.9. The molecule has 7 rings (SSSR count). The molecule has 170 valence electrons. The Kier molecular flexibility index (Phi) is 4.68. The number of aromatic nitrogens is 4. The number of piperidine rings is 1. The zero-order valence-corrected chi connectivity index (χ0v) is 18.9. The number of pyridine rings is 2. The maximum Gasteiger partial charge on any atom is 0.162 e. The Morgan fingerprint density at radius 1 is 0.941 bits per heavy atom. The largest absolute Gasteiger partial charge is 0.366 e. The SMILES string of the molecule is c1ccc(Nc2cc(-c3nc(NC4[C@H]5CNC[C@@H]45)c4c(C5CCC5)cncc4n3)ccn2)cc1. The smallest absolute Gasteiger partial charge is 0.162 e. The van der Waals surface area contributed by atoms with Crippen molar-refractivity contribution in [3.63, 3.8) is 0 Å². The highest BCUT2D eigenvalue weighted by molar-refractivity contribution is 5.93. The van der Waals surface area contributed by atoms with Crippen LogP contribution in [0.5, 0.6) is 0 Å². The summed E-state index contributed by atoms with van der Waals surface area (Å²) >= 11 is 0. The van der Waals surface area contributed by atoms with E-state index in [1.54, 1.807) is 6.20 Å². The average Bonchev–Trinajstić information content (AvgIpc) is 3.23. The fraction of sp³-hybridized carbons (Fsp3) is 0.333. The lowest BCUT2D eigenvalue weighted by molar-refractivity contribution is 0.421. The van der Waals surface area contributed by atoms with Gasteiger partial charge in [-0.2, -0.15) is 0 Å². The second kappa shape index (κ2) is 8.02. The Morgan fingerprint density at radius 2 is 1.79 bits per heavy atom. The third kappa shape index (κ3) is 3.47. The molecule has 2 saturated carbocycles. The summed E-state index contributed by atoms with van der Waals surface area (Å²) < 4.78 is 0. The van der Waals surface area contributed by atoms with Crippen molar-refractivity contribution in [3.05, 3.63) is 66.6 Å². The van der Waals surface area contributed by atoms with Gasteiger partial charge in [-0.05, 0) is 60.4 Å². The number of benzene rings is 1. The van der Waals surface area contributed by atoms with Crippen LogP contribution in [0, 0.1) is 11.8 Å². The van der Waals surface area contributed by atoms with E-state index in [0.29, 0.717) is 29.6 Å². The molecule has 0 amide bonds. The minimum atomic E-state index is 0.488. The van der Waals surface area contributed by atoms with Gasteiger partial charge in [-0.3, -0.25) is 4.98 Å². The number of para-hydroxylation sites is 1. The van der Waals surface area contributed by atoms with Crippen LogP contribution in [-0.4, -0.2) is 39.1 Å². The molecule has 1 unspecified atom stereocenters. The van der Waals surface area contributed by atoms with Crippen LogP contribution in [0.15, 0.2) is 61.1 Å². The van der Waals surface area contributed by atoms with E-state index in [0.717, 1.165) is 46.9 Å². The summed E-state index contributed by atoms with van der Waals surface area (Å²) in [4.78, 5) is 19.1. The Morgan fingerprint density at radius 3 is 2.59 bits per heavy atom. The third-order valence-corrected chi connectivity index (χ3v) is 7.64. The molecule has 3 aromatic heterocycles. The molecule has 1 saturated heterocycles. The van der Waals surface area contributed by atoms with Crippen molar-refractivity contribution in [1.82, 2.24) is 25.3 Å². The maximum absolute atomic E-state index is 5.10. The van der Waals surface area contributed by atoms with E-state index in [-0.39, 0.29) is 0 Å². The molecule has 3 fully saturated rings. The molecule has 1 aliphatic heterocycles. The van der Waals surface area contributed by atoms with Crippen LogP contribution in [0.3, 0.4) is 0 Å². The second-order valence-corrected chi connectivity index (χ2v) is 9.72. The van der Waals surface area contributed by atoms with E-state index < -0.39 is 0 Å². The maximum atomic E-state index is 5.10. The van der Waals surface area contributed by atoms with Crippen LogP contribution < -0.4 is 16.0 Å². The molecule has 2 aliphatic carbocycles. The number of nitrogens with one attached hydrogen (secondary N) is 3. The van der Waals surface area contributed by atoms with E-state index in [1.807, 2.05) is 54.9 Å². The van der Waals surface area contributed by atoms with Gasteiger partial charge in [0.25, 0.3) is 0 Å². The van der Waals surface area contributed by atoms with Gasteiger partial charge in [-0.25, -0.2) is 15.0 Å². The molecule has 0 radical (unpaired) electrons. The van der Waals surface area contributed by atoms with Crippen LogP contribution >= 0.6 is 0 Å². The van der Waals surface area contributed by atoms with Gasteiger partial charge in [0.05, 0.1) is 11.7 Å². The summed E-state index contributed by atoms with van der Waals surface area (Å²) in [5.41, 5.74) is 4.14. The summed E-state index contributed by atoms with van der Waals surface area (Å²) in [6.45, 7) is 2.18. The van der Waals surface area contributed by atoms with Crippen molar-refractivity contribution < 1.29 is 0 Å². The van der Waals surface area contributed by atoms with Crippen LogP contribution in [0.1, 0.15) is 30.7 Å². The summed E-state index contributed by atoms with van der Waals surface area (Å²) in [6, 6.07) is 14.5. The van der Waals surface area contributed by atoms with E-state index >= 15 is 0 Å². The summed E-state index contributed by atoms with van der Waals surface area (Å²) in [5, 5.41) is 11.8. The minimum absolute atomic E-state index is 0.488. The van der Waals surface area contributed by atoms with Crippen LogP contribution in [0.2, 0.25) is 0 Å². The van der Waals surface area contributed by atoms with E-state index in [9.17, 15) is 0 Å². The number of nitrogens with zero attached hydrogens (tertiary/aromatic N) is 4. The highest BCUT2D eigenvalue weighted by Crippen LogP contribution is 2.46. The van der Waals surface area contributed by atoms with E-state index in [4.69, 9.17) is 9.97 Å². The van der Waals surface area contributed by atoms with Crippen molar-refractivity contribution >= 4 is 28.2 Å². The quantitative estimate of drug-likeness (QED) is 0.392. The molecule has 3 atom stereocenters. The first-order valence-electron chi connectivity index (χ1n) is 12.2. The monoisotopic (exact) mass is 449 g/mol. The second-order valence-electron chi connectivity index (χ2n) is 9.72. The van der Waals surface area contributed by atoms with Crippen molar-refractivity contribution in [2.45, 2.75) is 31.2 Å². The lowest BCUT2D eigenvalue weighted by atomic mass is 9.79. The van der Waals surface area contributed by atoms with Crippen LogP contribution in [-0.2, 0) is 0 Å². The van der Waals surface area contributed by atoms with Gasteiger partial charge in [-0.1, -0.05) is 24.6 Å². The lowest BCUT2D eigenvalue weighted by Gasteiger charge is -2.27.